The number of para-hydroxylation sites is 1. The van der Waals surface area contributed by atoms with Gasteiger partial charge in [0.1, 0.15) is 5.58 Å². The van der Waals surface area contributed by atoms with Crippen molar-refractivity contribution < 1.29 is 37.7 Å². The molecule has 0 saturated carbocycles. The average molecular weight is 419 g/mol. The molecule has 3 rings (SSSR count). The highest BCUT2D eigenvalue weighted by atomic mass is 19.3. The van der Waals surface area contributed by atoms with E-state index >= 15 is 0 Å². The predicted molar refractivity (Wildman–Crippen MR) is 103 cm³/mol. The first-order valence-electron chi connectivity index (χ1n) is 8.95. The zero-order chi connectivity index (χ0) is 21.8. The molecular formula is C21H19F2NO6. The SMILES string of the molecule is COC(=O)c1cc(C(=O)NC(CO)CO)cc(-c2c(C(F)F)oc3ccccc23)c1. The van der Waals surface area contributed by atoms with Crippen LogP contribution in [0.5, 0.6) is 0 Å². The van der Waals surface area contributed by atoms with Gasteiger partial charge in [-0.25, -0.2) is 13.6 Å². The molecule has 2 aromatic carbocycles. The molecule has 0 aliphatic heterocycles. The van der Waals surface area contributed by atoms with E-state index in [4.69, 9.17) is 9.15 Å². The maximum absolute atomic E-state index is 13.7. The maximum atomic E-state index is 13.7. The fourth-order valence-corrected chi connectivity index (χ4v) is 3.07. The highest BCUT2D eigenvalue weighted by Gasteiger charge is 2.25. The Labute approximate surface area is 169 Å². The lowest BCUT2D eigenvalue weighted by Gasteiger charge is -2.15. The monoisotopic (exact) mass is 419 g/mol. The first-order chi connectivity index (χ1) is 14.4. The van der Waals surface area contributed by atoms with Crippen LogP contribution in [0.4, 0.5) is 8.78 Å². The second kappa shape index (κ2) is 9.02. The zero-order valence-corrected chi connectivity index (χ0v) is 15.9. The summed E-state index contributed by atoms with van der Waals surface area (Å²) in [5.74, 6) is -2.06. The van der Waals surface area contributed by atoms with Gasteiger partial charge in [-0.05, 0) is 29.8 Å². The molecule has 0 aliphatic rings. The highest BCUT2D eigenvalue weighted by Crippen LogP contribution is 2.40. The molecule has 0 radical (unpaired) electrons. The minimum atomic E-state index is -2.93. The van der Waals surface area contributed by atoms with Crippen LogP contribution in [-0.4, -0.2) is 48.5 Å². The molecule has 0 spiro atoms. The number of ether oxygens (including phenoxy) is 1. The first kappa shape index (κ1) is 21.4. The molecule has 0 aliphatic carbocycles. The van der Waals surface area contributed by atoms with Crippen LogP contribution >= 0.6 is 0 Å². The van der Waals surface area contributed by atoms with Gasteiger partial charge in [-0.15, -0.1) is 0 Å². The van der Waals surface area contributed by atoms with Crippen molar-refractivity contribution in [3.8, 4) is 11.1 Å². The summed E-state index contributed by atoms with van der Waals surface area (Å²) < 4.78 is 37.4. The Morgan fingerprint density at radius 3 is 2.40 bits per heavy atom. The van der Waals surface area contributed by atoms with E-state index in [9.17, 15) is 28.6 Å². The van der Waals surface area contributed by atoms with E-state index < -0.39 is 43.3 Å². The Balaban J connectivity index is 2.20. The molecule has 0 unspecified atom stereocenters. The molecule has 3 aromatic rings. The first-order valence-corrected chi connectivity index (χ1v) is 8.95. The van der Waals surface area contributed by atoms with Crippen LogP contribution in [0, 0.1) is 0 Å². The summed E-state index contributed by atoms with van der Waals surface area (Å²) in [4.78, 5) is 24.7. The smallest absolute Gasteiger partial charge is 0.337 e. The highest BCUT2D eigenvalue weighted by molar-refractivity contribution is 6.03. The summed E-state index contributed by atoms with van der Waals surface area (Å²) >= 11 is 0. The van der Waals surface area contributed by atoms with Gasteiger partial charge in [0.25, 0.3) is 12.3 Å². The number of methoxy groups -OCH3 is 1. The Morgan fingerprint density at radius 1 is 1.10 bits per heavy atom. The number of carbonyl (C=O) groups is 2. The lowest BCUT2D eigenvalue weighted by Crippen LogP contribution is -2.40. The number of fused-ring (bicyclic) bond motifs is 1. The molecule has 0 atom stereocenters. The lowest BCUT2D eigenvalue weighted by atomic mass is 9.96. The van der Waals surface area contributed by atoms with E-state index in [0.29, 0.717) is 5.39 Å². The normalized spacial score (nSPS) is 11.3. The number of nitrogens with one attached hydrogen (secondary N) is 1. The largest absolute Gasteiger partial charge is 0.465 e. The number of alkyl halides is 2. The van der Waals surface area contributed by atoms with E-state index in [1.165, 1.54) is 24.3 Å². The van der Waals surface area contributed by atoms with Gasteiger partial charge in [-0.2, -0.15) is 0 Å². The third-order valence-electron chi connectivity index (χ3n) is 4.50. The summed E-state index contributed by atoms with van der Waals surface area (Å²) in [6, 6.07) is 9.40. The number of benzene rings is 2. The van der Waals surface area contributed by atoms with Crippen molar-refractivity contribution in [1.29, 1.82) is 0 Å². The Hall–Kier alpha value is -3.30. The average Bonchev–Trinajstić information content (AvgIpc) is 3.16. The summed E-state index contributed by atoms with van der Waals surface area (Å²) in [6.45, 7) is -1.01. The quantitative estimate of drug-likeness (QED) is 0.508. The number of halogens is 2. The molecule has 1 amide bonds. The van der Waals surface area contributed by atoms with Crippen molar-refractivity contribution in [3.05, 3.63) is 59.4 Å². The molecule has 30 heavy (non-hydrogen) atoms. The van der Waals surface area contributed by atoms with E-state index in [1.807, 2.05) is 0 Å². The zero-order valence-electron chi connectivity index (χ0n) is 15.9. The van der Waals surface area contributed by atoms with Crippen LogP contribution in [0.15, 0.2) is 46.9 Å². The number of hydrogen-bond donors (Lipinski definition) is 3. The standard InChI is InChI=1S/C21H19F2NO6/c1-29-21(28)13-7-11(6-12(8-13)20(27)24-14(9-25)10-26)17-15-4-2-3-5-16(15)30-18(17)19(22)23/h2-8,14,19,25-26H,9-10H2,1H3,(H,24,27). The summed E-state index contributed by atoms with van der Waals surface area (Å²) in [6.07, 6.45) is -2.93. The Bertz CT molecular complexity index is 1070. The Kier molecular flexibility index (Phi) is 6.43. The topological polar surface area (TPSA) is 109 Å². The molecule has 1 aromatic heterocycles. The van der Waals surface area contributed by atoms with Crippen molar-refractivity contribution in [2.24, 2.45) is 0 Å². The van der Waals surface area contributed by atoms with Gasteiger partial charge in [-0.3, -0.25) is 4.79 Å². The predicted octanol–water partition coefficient (Wildman–Crippen LogP) is 2.91. The second-order valence-corrected chi connectivity index (χ2v) is 6.46. The lowest BCUT2D eigenvalue weighted by molar-refractivity contribution is 0.0600. The fourth-order valence-electron chi connectivity index (χ4n) is 3.07. The Morgan fingerprint density at radius 2 is 1.77 bits per heavy atom. The number of hydrogen-bond acceptors (Lipinski definition) is 6. The number of aliphatic hydroxyl groups excluding tert-OH is 2. The van der Waals surface area contributed by atoms with Gasteiger partial charge in [-0.1, -0.05) is 18.2 Å². The van der Waals surface area contributed by atoms with E-state index in [-0.39, 0.29) is 27.8 Å². The van der Waals surface area contributed by atoms with E-state index in [2.05, 4.69) is 5.32 Å². The van der Waals surface area contributed by atoms with Crippen molar-refractivity contribution in [2.45, 2.75) is 12.5 Å². The van der Waals surface area contributed by atoms with Gasteiger partial charge in [0.2, 0.25) is 0 Å². The second-order valence-electron chi connectivity index (χ2n) is 6.46. The minimum absolute atomic E-state index is 0.0322. The molecule has 0 fully saturated rings. The van der Waals surface area contributed by atoms with Gasteiger partial charge < -0.3 is 24.7 Å². The van der Waals surface area contributed by atoms with Crippen LogP contribution in [0.25, 0.3) is 22.1 Å². The summed E-state index contributed by atoms with van der Waals surface area (Å²) in [5.41, 5.74) is 0.382. The van der Waals surface area contributed by atoms with Gasteiger partial charge in [0.05, 0.1) is 31.9 Å². The number of furan rings is 1. The number of aliphatic hydroxyl groups is 2. The number of carbonyl (C=O) groups excluding carboxylic acids is 2. The van der Waals surface area contributed by atoms with Gasteiger partial charge >= 0.3 is 5.97 Å². The molecule has 3 N–H and O–H groups in total. The molecule has 158 valence electrons. The van der Waals surface area contributed by atoms with E-state index in [1.54, 1.807) is 18.2 Å². The minimum Gasteiger partial charge on any atom is -0.465 e. The molecular weight excluding hydrogens is 400 g/mol. The van der Waals surface area contributed by atoms with Crippen LogP contribution in [0.1, 0.15) is 32.9 Å². The number of rotatable bonds is 7. The third-order valence-corrected chi connectivity index (χ3v) is 4.50. The maximum Gasteiger partial charge on any atom is 0.337 e. The molecule has 7 nitrogen and oxygen atoms in total. The van der Waals surface area contributed by atoms with Crippen LogP contribution in [-0.2, 0) is 4.74 Å². The number of esters is 1. The molecule has 0 saturated heterocycles. The molecule has 1 heterocycles. The van der Waals surface area contributed by atoms with Gasteiger partial charge in [0.15, 0.2) is 5.76 Å². The van der Waals surface area contributed by atoms with Crippen LogP contribution in [0.3, 0.4) is 0 Å². The summed E-state index contributed by atoms with van der Waals surface area (Å²) in [5, 5.41) is 21.2. The van der Waals surface area contributed by atoms with Crippen LogP contribution in [0.2, 0.25) is 0 Å². The van der Waals surface area contributed by atoms with Gasteiger partial charge in [0, 0.05) is 16.5 Å². The van der Waals surface area contributed by atoms with Crippen molar-refractivity contribution in [2.75, 3.05) is 20.3 Å². The summed E-state index contributed by atoms with van der Waals surface area (Å²) in [7, 11) is 1.15. The van der Waals surface area contributed by atoms with Crippen molar-refractivity contribution in [3.63, 3.8) is 0 Å². The third kappa shape index (κ3) is 4.17. The van der Waals surface area contributed by atoms with Crippen molar-refractivity contribution in [1.82, 2.24) is 5.32 Å². The van der Waals surface area contributed by atoms with E-state index in [0.717, 1.165) is 7.11 Å². The van der Waals surface area contributed by atoms with Crippen molar-refractivity contribution >= 4 is 22.8 Å². The van der Waals surface area contributed by atoms with Crippen LogP contribution < -0.4 is 5.32 Å². The molecule has 0 bridgehead atoms. The fraction of sp³-hybridized carbons (Fsp3) is 0.238. The molecule has 9 heteroatoms. The number of amides is 1.